The van der Waals surface area contributed by atoms with Crippen LogP contribution in [0.5, 0.6) is 0 Å². The Balaban J connectivity index is 0.00000161. The Morgan fingerprint density at radius 1 is 1.26 bits per heavy atom. The summed E-state index contributed by atoms with van der Waals surface area (Å²) in [5.41, 5.74) is 0.661. The molecular weight excluding hydrogens is 559 g/mol. The van der Waals surface area contributed by atoms with Gasteiger partial charge < -0.3 is 19.8 Å². The van der Waals surface area contributed by atoms with Crippen LogP contribution in [0.3, 0.4) is 0 Å². The van der Waals surface area contributed by atoms with Crippen LogP contribution < -0.4 is 9.62 Å². The summed E-state index contributed by atoms with van der Waals surface area (Å²) in [6.07, 6.45) is 0.184. The van der Waals surface area contributed by atoms with Crippen molar-refractivity contribution in [3.8, 4) is 0 Å². The van der Waals surface area contributed by atoms with Crippen LogP contribution in [0.15, 0.2) is 35.7 Å². The highest BCUT2D eigenvalue weighted by atomic mass is 35.5. The van der Waals surface area contributed by atoms with E-state index < -0.39 is 27.8 Å². The molecule has 2 N–H and O–H groups in total. The molecule has 1 fully saturated rings. The van der Waals surface area contributed by atoms with E-state index in [0.29, 0.717) is 27.9 Å². The van der Waals surface area contributed by atoms with Crippen LogP contribution >= 0.6 is 22.9 Å². The molecule has 0 saturated carbocycles. The number of carboxylic acid groups (broad SMARTS) is 1. The van der Waals surface area contributed by atoms with Gasteiger partial charge in [0, 0.05) is 37.1 Å². The molecule has 1 aromatic heterocycles. The van der Waals surface area contributed by atoms with Crippen LogP contribution in [0.1, 0.15) is 28.6 Å². The number of anilines is 1. The highest BCUT2D eigenvalue weighted by Crippen LogP contribution is 2.29. The van der Waals surface area contributed by atoms with Gasteiger partial charge in [0.1, 0.15) is 11.9 Å². The third-order valence-electron chi connectivity index (χ3n) is 5.52. The van der Waals surface area contributed by atoms with Gasteiger partial charge in [0.25, 0.3) is 12.4 Å². The molecule has 0 radical (unpaired) electrons. The standard InChI is InChI=1S/C23H28ClFN4O4S2.CH2O2/c1-15(20-7-8-21(24)34-20)14-35(32,33)26-18-9-10-29(23(18)31)19-6-5-16(13-17(19)25)22(30)28(4)12-11-27(2)3;2-1-3/h5-8,13-14,18,26H,9-12H2,1-4H3;1H,(H,2,3)/b15-14+;. The fourth-order valence-electron chi connectivity index (χ4n) is 3.61. The van der Waals surface area contributed by atoms with E-state index in [-0.39, 0.29) is 36.6 Å². The van der Waals surface area contributed by atoms with Crippen LogP contribution in [-0.2, 0) is 19.6 Å². The molecule has 2 heterocycles. The summed E-state index contributed by atoms with van der Waals surface area (Å²) in [7, 11) is 1.49. The van der Waals surface area contributed by atoms with Crippen molar-refractivity contribution in [3.05, 3.63) is 56.3 Å². The zero-order chi connectivity index (χ0) is 28.6. The Bertz CT molecular complexity index is 1300. The highest BCUT2D eigenvalue weighted by molar-refractivity contribution is 7.92. The third kappa shape index (κ3) is 8.60. The van der Waals surface area contributed by atoms with E-state index in [9.17, 15) is 22.4 Å². The maximum atomic E-state index is 14.9. The number of nitrogens with zero attached hydrogens (tertiary/aromatic N) is 3. The van der Waals surface area contributed by atoms with Gasteiger partial charge in [0.05, 0.1) is 15.4 Å². The number of sulfonamides is 1. The summed E-state index contributed by atoms with van der Waals surface area (Å²) in [5, 5.41) is 7.94. The first-order valence-electron chi connectivity index (χ1n) is 11.3. The molecule has 1 atom stereocenters. The summed E-state index contributed by atoms with van der Waals surface area (Å²) < 4.78 is 43.0. The molecule has 14 heteroatoms. The predicted octanol–water partition coefficient (Wildman–Crippen LogP) is 2.96. The Hall–Kier alpha value is -2.84. The number of benzene rings is 1. The van der Waals surface area contributed by atoms with Gasteiger partial charge in [0.2, 0.25) is 15.9 Å². The van der Waals surface area contributed by atoms with Crippen molar-refractivity contribution in [1.29, 1.82) is 0 Å². The first kappa shape index (κ1) is 31.4. The minimum absolute atomic E-state index is 0.00384. The van der Waals surface area contributed by atoms with Gasteiger partial charge in [-0.05, 0) is 63.3 Å². The molecule has 1 aliphatic rings. The number of carbonyl (C=O) groups is 3. The molecule has 1 aromatic carbocycles. The molecule has 2 aromatic rings. The lowest BCUT2D eigenvalue weighted by molar-refractivity contribution is -0.123. The Kier molecular flexibility index (Phi) is 11.4. The van der Waals surface area contributed by atoms with E-state index in [1.165, 1.54) is 33.3 Å². The zero-order valence-corrected chi connectivity index (χ0v) is 23.7. The number of hydrogen-bond donors (Lipinski definition) is 2. The number of likely N-dealkylation sites (N-methyl/N-ethyl adjacent to an activating group) is 2. The number of halogens is 2. The first-order chi connectivity index (χ1) is 17.8. The molecule has 38 heavy (non-hydrogen) atoms. The van der Waals surface area contributed by atoms with Crippen LogP contribution in [0.2, 0.25) is 4.34 Å². The fourth-order valence-corrected chi connectivity index (χ4v) is 5.97. The van der Waals surface area contributed by atoms with Crippen molar-refractivity contribution in [3.63, 3.8) is 0 Å². The number of rotatable bonds is 9. The van der Waals surface area contributed by atoms with E-state index in [1.807, 2.05) is 19.0 Å². The van der Waals surface area contributed by atoms with Crippen LogP contribution in [-0.4, -0.2) is 88.4 Å². The highest BCUT2D eigenvalue weighted by Gasteiger charge is 2.36. The molecular formula is C24H30ClFN4O6S2. The number of thiophene rings is 1. The van der Waals surface area contributed by atoms with Crippen LogP contribution in [0, 0.1) is 5.82 Å². The molecule has 1 saturated heterocycles. The second-order valence-corrected chi connectivity index (χ2v) is 12.0. The van der Waals surface area contributed by atoms with Gasteiger partial charge in [-0.2, -0.15) is 4.72 Å². The maximum Gasteiger partial charge on any atom is 0.290 e. The smallest absolute Gasteiger partial charge is 0.290 e. The van der Waals surface area contributed by atoms with Crippen molar-refractivity contribution < 1.29 is 32.3 Å². The van der Waals surface area contributed by atoms with Gasteiger partial charge in [0.15, 0.2) is 0 Å². The number of amides is 2. The molecule has 0 spiro atoms. The lowest BCUT2D eigenvalue weighted by atomic mass is 10.1. The molecule has 208 valence electrons. The minimum Gasteiger partial charge on any atom is -0.483 e. The second kappa shape index (κ2) is 13.8. The molecule has 1 aliphatic heterocycles. The van der Waals surface area contributed by atoms with Gasteiger partial charge in [-0.3, -0.25) is 14.4 Å². The van der Waals surface area contributed by atoms with Gasteiger partial charge in [-0.15, -0.1) is 11.3 Å². The largest absolute Gasteiger partial charge is 0.483 e. The Morgan fingerprint density at radius 3 is 2.47 bits per heavy atom. The Labute approximate surface area is 230 Å². The predicted molar refractivity (Wildman–Crippen MR) is 146 cm³/mol. The van der Waals surface area contributed by atoms with E-state index in [4.69, 9.17) is 21.5 Å². The molecule has 10 nitrogen and oxygen atoms in total. The third-order valence-corrected chi connectivity index (χ3v) is 8.16. The van der Waals surface area contributed by atoms with Crippen LogP contribution in [0.25, 0.3) is 5.57 Å². The van der Waals surface area contributed by atoms with Crippen molar-refractivity contribution in [2.24, 2.45) is 0 Å². The minimum atomic E-state index is -3.93. The SMILES string of the molecule is C/C(=C\S(=O)(=O)NC1CCN(c2ccc(C(=O)N(C)CCN(C)C)cc2F)C1=O)c1ccc(Cl)s1.O=CO. The molecule has 2 amide bonds. The van der Waals surface area contributed by atoms with Crippen molar-refractivity contribution >= 4 is 62.5 Å². The van der Waals surface area contributed by atoms with Gasteiger partial charge in [-0.25, -0.2) is 12.8 Å². The fraction of sp³-hybridized carbons (Fsp3) is 0.375. The maximum absolute atomic E-state index is 14.9. The summed E-state index contributed by atoms with van der Waals surface area (Å²) >= 11 is 7.16. The molecule has 3 rings (SSSR count). The quantitative estimate of drug-likeness (QED) is 0.431. The summed E-state index contributed by atoms with van der Waals surface area (Å²) in [6.45, 7) is 2.68. The first-order valence-corrected chi connectivity index (χ1v) is 14.1. The molecule has 0 bridgehead atoms. The van der Waals surface area contributed by atoms with Gasteiger partial charge >= 0.3 is 0 Å². The second-order valence-electron chi connectivity index (χ2n) is 8.70. The summed E-state index contributed by atoms with van der Waals surface area (Å²) in [6, 6.07) is 6.32. The number of allylic oxidation sites excluding steroid dienone is 1. The van der Waals surface area contributed by atoms with E-state index in [1.54, 1.807) is 26.1 Å². The van der Waals surface area contributed by atoms with E-state index in [0.717, 1.165) is 11.5 Å². The van der Waals surface area contributed by atoms with Crippen LogP contribution in [0.4, 0.5) is 10.1 Å². The average molecular weight is 589 g/mol. The number of hydrogen-bond acceptors (Lipinski definition) is 7. The number of nitrogens with one attached hydrogen (secondary N) is 1. The normalized spacial score (nSPS) is 15.9. The lowest BCUT2D eigenvalue weighted by Gasteiger charge is -2.21. The molecule has 0 aliphatic carbocycles. The van der Waals surface area contributed by atoms with Gasteiger partial charge in [-0.1, -0.05) is 11.6 Å². The van der Waals surface area contributed by atoms with Crippen molar-refractivity contribution in [1.82, 2.24) is 14.5 Å². The summed E-state index contributed by atoms with van der Waals surface area (Å²) in [4.78, 5) is 39.2. The van der Waals surface area contributed by atoms with Crippen molar-refractivity contribution in [2.45, 2.75) is 19.4 Å². The topological polar surface area (TPSA) is 127 Å². The Morgan fingerprint density at radius 2 is 1.92 bits per heavy atom. The average Bonchev–Trinajstić information content (AvgIpc) is 3.42. The molecule has 1 unspecified atom stereocenters. The van der Waals surface area contributed by atoms with E-state index in [2.05, 4.69) is 4.72 Å². The monoisotopic (exact) mass is 588 g/mol. The van der Waals surface area contributed by atoms with Crippen molar-refractivity contribution in [2.75, 3.05) is 45.7 Å². The lowest BCUT2D eigenvalue weighted by Crippen LogP contribution is -2.41. The zero-order valence-electron chi connectivity index (χ0n) is 21.3. The number of carbonyl (C=O) groups excluding carboxylic acids is 2. The van der Waals surface area contributed by atoms with E-state index >= 15 is 0 Å². The summed E-state index contributed by atoms with van der Waals surface area (Å²) in [5.74, 6) is -1.61.